The van der Waals surface area contributed by atoms with Crippen LogP contribution in [0.15, 0.2) is 79.1 Å². The molecule has 2 aromatic heterocycles. The summed E-state index contributed by atoms with van der Waals surface area (Å²) in [5.41, 5.74) is 4.99. The number of benzene rings is 3. The highest BCUT2D eigenvalue weighted by Crippen LogP contribution is 2.26. The second-order valence-electron chi connectivity index (χ2n) is 8.13. The Balaban J connectivity index is 1.55. The molecule has 2 N–H and O–H groups in total. The number of nitrogens with zero attached hydrogens (tertiary/aromatic N) is 2. The maximum Gasteiger partial charge on any atom is 0.272 e. The van der Waals surface area contributed by atoms with Gasteiger partial charge in [-0.1, -0.05) is 24.3 Å². The molecule has 3 aromatic carbocycles. The minimum Gasteiger partial charge on any atom is -0.361 e. The third kappa shape index (κ3) is 3.85. The number of nitrogens with one attached hydrogen (secondary N) is 2. The van der Waals surface area contributed by atoms with Gasteiger partial charge in [0.2, 0.25) is 0 Å². The van der Waals surface area contributed by atoms with Crippen LogP contribution in [0, 0.1) is 17.0 Å². The first-order chi connectivity index (χ1) is 16.0. The summed E-state index contributed by atoms with van der Waals surface area (Å²) in [6, 6.07) is 20.6. The van der Waals surface area contributed by atoms with Gasteiger partial charge in [0.25, 0.3) is 11.6 Å². The Morgan fingerprint density at radius 2 is 1.45 bits per heavy atom. The fourth-order valence-electron chi connectivity index (χ4n) is 4.36. The van der Waals surface area contributed by atoms with Crippen molar-refractivity contribution in [2.75, 3.05) is 0 Å². The van der Waals surface area contributed by atoms with Crippen molar-refractivity contribution in [3.05, 3.63) is 111 Å². The number of rotatable bonds is 6. The summed E-state index contributed by atoms with van der Waals surface area (Å²) in [6.07, 6.45) is 3.78. The first-order valence-corrected chi connectivity index (χ1v) is 10.7. The fraction of sp³-hybridized carbons (Fsp3) is 0.115. The van der Waals surface area contributed by atoms with Crippen molar-refractivity contribution in [1.82, 2.24) is 14.9 Å². The number of nitro benzene ring substituents is 1. The maximum absolute atomic E-state index is 13.7. The van der Waals surface area contributed by atoms with Crippen LogP contribution in [0.3, 0.4) is 0 Å². The lowest BCUT2D eigenvalue weighted by Crippen LogP contribution is -2.30. The van der Waals surface area contributed by atoms with Gasteiger partial charge in [0.15, 0.2) is 0 Å². The Bertz CT molecular complexity index is 1420. The number of H-pyrrole nitrogens is 2. The second kappa shape index (κ2) is 8.27. The molecule has 0 saturated heterocycles. The summed E-state index contributed by atoms with van der Waals surface area (Å²) >= 11 is 0. The van der Waals surface area contributed by atoms with Crippen LogP contribution in [0.2, 0.25) is 0 Å². The van der Waals surface area contributed by atoms with Gasteiger partial charge in [-0.05, 0) is 54.4 Å². The van der Waals surface area contributed by atoms with E-state index >= 15 is 0 Å². The zero-order valence-corrected chi connectivity index (χ0v) is 18.0. The number of hydrogen-bond acceptors (Lipinski definition) is 3. The van der Waals surface area contributed by atoms with Crippen LogP contribution in [0.25, 0.3) is 21.8 Å². The van der Waals surface area contributed by atoms with E-state index in [2.05, 4.69) is 9.97 Å². The Kier molecular flexibility index (Phi) is 5.14. The second-order valence-corrected chi connectivity index (χ2v) is 8.13. The smallest absolute Gasteiger partial charge is 0.272 e. The summed E-state index contributed by atoms with van der Waals surface area (Å²) in [5, 5.41) is 13.4. The quantitative estimate of drug-likeness (QED) is 0.263. The number of amides is 1. The number of aromatic amines is 2. The molecule has 2 heterocycles. The van der Waals surface area contributed by atoms with Crippen LogP contribution in [-0.4, -0.2) is 25.7 Å². The molecule has 7 heteroatoms. The van der Waals surface area contributed by atoms with Crippen molar-refractivity contribution in [2.24, 2.45) is 0 Å². The van der Waals surface area contributed by atoms with Gasteiger partial charge in [-0.25, -0.2) is 0 Å². The number of carbonyl (C=O) groups is 1. The molecule has 0 bridgehead atoms. The predicted octanol–water partition coefficient (Wildman–Crippen LogP) is 5.71. The van der Waals surface area contributed by atoms with E-state index in [0.717, 1.165) is 32.9 Å². The van der Waals surface area contributed by atoms with Gasteiger partial charge in [0.05, 0.1) is 4.92 Å². The van der Waals surface area contributed by atoms with Gasteiger partial charge in [0.1, 0.15) is 0 Å². The molecular weight excluding hydrogens is 416 g/mol. The van der Waals surface area contributed by atoms with E-state index in [4.69, 9.17) is 0 Å². The Morgan fingerprint density at radius 3 is 1.97 bits per heavy atom. The number of aromatic nitrogens is 2. The number of hydrogen-bond donors (Lipinski definition) is 2. The first kappa shape index (κ1) is 20.5. The normalized spacial score (nSPS) is 11.2. The lowest BCUT2D eigenvalue weighted by Gasteiger charge is -2.24. The molecule has 0 atom stereocenters. The Labute approximate surface area is 189 Å². The van der Waals surface area contributed by atoms with E-state index in [-0.39, 0.29) is 11.6 Å². The van der Waals surface area contributed by atoms with Gasteiger partial charge in [-0.15, -0.1) is 0 Å². The fourth-order valence-corrected chi connectivity index (χ4v) is 4.36. The topological polar surface area (TPSA) is 95.0 Å². The molecule has 0 spiro atoms. The number of aryl methyl sites for hydroxylation is 1. The molecular formula is C26H22N4O3. The minimum atomic E-state index is -0.430. The SMILES string of the molecule is Cc1cc(C(=O)N(Cc2cccc3[nH]ccc23)Cc2cccc3[nH]ccc23)ccc1[N+](=O)[O-]. The van der Waals surface area contributed by atoms with Crippen LogP contribution in [-0.2, 0) is 13.1 Å². The molecule has 164 valence electrons. The van der Waals surface area contributed by atoms with Crippen LogP contribution < -0.4 is 0 Å². The zero-order valence-electron chi connectivity index (χ0n) is 18.0. The molecule has 5 rings (SSSR count). The van der Waals surface area contributed by atoms with E-state index in [1.165, 1.54) is 12.1 Å². The Morgan fingerprint density at radius 1 is 0.879 bits per heavy atom. The highest BCUT2D eigenvalue weighted by Gasteiger charge is 2.21. The van der Waals surface area contributed by atoms with Crippen LogP contribution >= 0.6 is 0 Å². The highest BCUT2D eigenvalue weighted by molar-refractivity contribution is 5.95. The van der Waals surface area contributed by atoms with Crippen molar-refractivity contribution < 1.29 is 9.72 Å². The standard InChI is InChI=1S/C26H22N4O3/c1-17-14-18(8-9-25(17)30(32)33)26(31)29(15-19-4-2-6-23-21(19)10-12-27-23)16-20-5-3-7-24-22(20)11-13-28-24/h2-14,27-28H,15-16H2,1H3. The van der Waals surface area contributed by atoms with Gasteiger partial charge in [0, 0.05) is 64.5 Å². The van der Waals surface area contributed by atoms with Gasteiger partial charge < -0.3 is 14.9 Å². The predicted molar refractivity (Wildman–Crippen MR) is 128 cm³/mol. The molecule has 7 nitrogen and oxygen atoms in total. The van der Waals surface area contributed by atoms with Crippen LogP contribution in [0.4, 0.5) is 5.69 Å². The molecule has 5 aromatic rings. The monoisotopic (exact) mass is 438 g/mol. The summed E-state index contributed by atoms with van der Waals surface area (Å²) in [4.78, 5) is 32.7. The number of nitro groups is 1. The van der Waals surface area contributed by atoms with Gasteiger partial charge in [-0.2, -0.15) is 0 Å². The maximum atomic E-state index is 13.7. The molecule has 0 saturated carbocycles. The van der Waals surface area contributed by atoms with Crippen molar-refractivity contribution in [3.63, 3.8) is 0 Å². The molecule has 0 fully saturated rings. The summed E-state index contributed by atoms with van der Waals surface area (Å²) in [6.45, 7) is 2.47. The zero-order chi connectivity index (χ0) is 22.9. The lowest BCUT2D eigenvalue weighted by atomic mass is 10.0. The largest absolute Gasteiger partial charge is 0.361 e. The Hall–Kier alpha value is -4.39. The van der Waals surface area contributed by atoms with Crippen LogP contribution in [0.5, 0.6) is 0 Å². The van der Waals surface area contributed by atoms with E-state index in [0.29, 0.717) is 24.2 Å². The molecule has 33 heavy (non-hydrogen) atoms. The molecule has 0 aliphatic carbocycles. The highest BCUT2D eigenvalue weighted by atomic mass is 16.6. The minimum absolute atomic E-state index is 0.00674. The number of carbonyl (C=O) groups excluding carboxylic acids is 1. The molecule has 0 radical (unpaired) electrons. The average molecular weight is 438 g/mol. The van der Waals surface area contributed by atoms with E-state index < -0.39 is 4.92 Å². The molecule has 0 aliphatic heterocycles. The first-order valence-electron chi connectivity index (χ1n) is 10.7. The summed E-state index contributed by atoms with van der Waals surface area (Å²) in [7, 11) is 0. The van der Waals surface area contributed by atoms with Crippen LogP contribution in [0.1, 0.15) is 27.0 Å². The molecule has 0 aliphatic rings. The summed E-state index contributed by atoms with van der Waals surface area (Å²) < 4.78 is 0. The third-order valence-electron chi connectivity index (χ3n) is 6.02. The van der Waals surface area contributed by atoms with Gasteiger partial charge >= 0.3 is 0 Å². The average Bonchev–Trinajstić information content (AvgIpc) is 3.48. The van der Waals surface area contributed by atoms with Crippen molar-refractivity contribution >= 4 is 33.4 Å². The van der Waals surface area contributed by atoms with Crippen molar-refractivity contribution in [3.8, 4) is 0 Å². The van der Waals surface area contributed by atoms with Gasteiger partial charge in [-0.3, -0.25) is 14.9 Å². The molecule has 1 amide bonds. The summed E-state index contributed by atoms with van der Waals surface area (Å²) in [5.74, 6) is -0.173. The lowest BCUT2D eigenvalue weighted by molar-refractivity contribution is -0.385. The van der Waals surface area contributed by atoms with E-state index in [1.807, 2.05) is 60.9 Å². The number of fused-ring (bicyclic) bond motifs is 2. The van der Waals surface area contributed by atoms with E-state index in [9.17, 15) is 14.9 Å². The third-order valence-corrected chi connectivity index (χ3v) is 6.02. The molecule has 0 unspecified atom stereocenters. The van der Waals surface area contributed by atoms with Crippen molar-refractivity contribution in [2.45, 2.75) is 20.0 Å². The van der Waals surface area contributed by atoms with Crippen molar-refractivity contribution in [1.29, 1.82) is 0 Å². The van der Waals surface area contributed by atoms with E-state index in [1.54, 1.807) is 17.9 Å².